The third-order valence-corrected chi connectivity index (χ3v) is 2.51. The van der Waals surface area contributed by atoms with E-state index in [-0.39, 0.29) is 11.9 Å². The Kier molecular flexibility index (Phi) is 5.14. The van der Waals surface area contributed by atoms with E-state index in [1.807, 2.05) is 20.8 Å². The Balaban J connectivity index is 2.13. The van der Waals surface area contributed by atoms with Crippen LogP contribution in [0.15, 0.2) is 0 Å². The average molecular weight is 256 g/mol. The predicted octanol–water partition coefficient (Wildman–Crippen LogP) is 0.975. The molecule has 18 heavy (non-hydrogen) atoms. The highest BCUT2D eigenvalue weighted by Gasteiger charge is 2.24. The van der Waals surface area contributed by atoms with Crippen molar-refractivity contribution in [3.63, 3.8) is 0 Å². The molecule has 1 aliphatic rings. The molecule has 5 heteroatoms. The van der Waals surface area contributed by atoms with E-state index in [0.29, 0.717) is 19.0 Å². The van der Waals surface area contributed by atoms with E-state index >= 15 is 0 Å². The Bertz CT molecular complexity index is 306. The standard InChI is InChI=1S/C13H24N2O3/c1-9(12(17)18-13(2,3)4)14-8-7-11(16)15-10-5-6-10/h9-10,14H,5-8H2,1-4H3,(H,15,16). The second-order valence-corrected chi connectivity index (χ2v) is 5.80. The van der Waals surface area contributed by atoms with Crippen molar-refractivity contribution in [1.29, 1.82) is 0 Å². The van der Waals surface area contributed by atoms with Crippen LogP contribution in [0.3, 0.4) is 0 Å². The number of rotatable bonds is 6. The molecule has 0 bridgehead atoms. The zero-order chi connectivity index (χ0) is 13.8. The monoisotopic (exact) mass is 256 g/mol. The largest absolute Gasteiger partial charge is 0.459 e. The molecule has 1 fully saturated rings. The maximum Gasteiger partial charge on any atom is 0.323 e. The van der Waals surface area contributed by atoms with Gasteiger partial charge in [0.25, 0.3) is 0 Å². The smallest absolute Gasteiger partial charge is 0.323 e. The van der Waals surface area contributed by atoms with E-state index in [9.17, 15) is 9.59 Å². The molecule has 0 radical (unpaired) electrons. The lowest BCUT2D eigenvalue weighted by Crippen LogP contribution is -2.40. The summed E-state index contributed by atoms with van der Waals surface area (Å²) in [6.45, 7) is 7.73. The second-order valence-electron chi connectivity index (χ2n) is 5.80. The van der Waals surface area contributed by atoms with Crippen LogP contribution in [0.2, 0.25) is 0 Å². The molecule has 1 rings (SSSR count). The quantitative estimate of drug-likeness (QED) is 0.695. The van der Waals surface area contributed by atoms with Crippen LogP contribution in [0.1, 0.15) is 47.0 Å². The molecule has 1 aliphatic carbocycles. The first kappa shape index (κ1) is 15.0. The van der Waals surface area contributed by atoms with Gasteiger partial charge >= 0.3 is 5.97 Å². The van der Waals surface area contributed by atoms with Crippen LogP contribution < -0.4 is 10.6 Å². The third kappa shape index (κ3) is 6.59. The maximum absolute atomic E-state index is 11.6. The number of amides is 1. The van der Waals surface area contributed by atoms with Crippen molar-refractivity contribution in [2.24, 2.45) is 0 Å². The Labute approximate surface area is 109 Å². The molecule has 1 unspecified atom stereocenters. The van der Waals surface area contributed by atoms with Gasteiger partial charge in [0.05, 0.1) is 0 Å². The third-order valence-electron chi connectivity index (χ3n) is 2.51. The Morgan fingerprint density at radius 1 is 1.33 bits per heavy atom. The summed E-state index contributed by atoms with van der Waals surface area (Å²) in [6.07, 6.45) is 2.57. The molecule has 0 saturated heterocycles. The summed E-state index contributed by atoms with van der Waals surface area (Å²) < 4.78 is 5.23. The number of hydrogen-bond acceptors (Lipinski definition) is 4. The van der Waals surface area contributed by atoms with Crippen LogP contribution in [-0.2, 0) is 14.3 Å². The lowest BCUT2D eigenvalue weighted by atomic mass is 10.2. The average Bonchev–Trinajstić information content (AvgIpc) is 2.98. The molecule has 2 N–H and O–H groups in total. The summed E-state index contributed by atoms with van der Waals surface area (Å²) in [6, 6.07) is -0.00118. The van der Waals surface area contributed by atoms with E-state index in [1.54, 1.807) is 6.92 Å². The molecule has 0 aromatic heterocycles. The van der Waals surface area contributed by atoms with Crippen LogP contribution >= 0.6 is 0 Å². The normalized spacial score (nSPS) is 17.1. The van der Waals surface area contributed by atoms with Crippen LogP contribution in [0.25, 0.3) is 0 Å². The summed E-state index contributed by atoms with van der Waals surface area (Å²) in [4.78, 5) is 23.0. The van der Waals surface area contributed by atoms with Crippen molar-refractivity contribution in [3.8, 4) is 0 Å². The minimum atomic E-state index is -0.476. The van der Waals surface area contributed by atoms with Crippen LogP contribution in [0, 0.1) is 0 Å². The van der Waals surface area contributed by atoms with Gasteiger partial charge in [-0.2, -0.15) is 0 Å². The lowest BCUT2D eigenvalue weighted by molar-refractivity contribution is -0.157. The van der Waals surface area contributed by atoms with E-state index in [2.05, 4.69) is 10.6 Å². The van der Waals surface area contributed by atoms with Gasteiger partial charge in [0.15, 0.2) is 0 Å². The summed E-state index contributed by atoms with van der Waals surface area (Å²) in [5, 5.41) is 5.89. The van der Waals surface area contributed by atoms with Crippen LogP contribution in [0.4, 0.5) is 0 Å². The first-order valence-corrected chi connectivity index (χ1v) is 6.53. The van der Waals surface area contributed by atoms with Gasteiger partial charge in [0.1, 0.15) is 11.6 Å². The first-order chi connectivity index (χ1) is 8.28. The number of esters is 1. The highest BCUT2D eigenvalue weighted by molar-refractivity contribution is 5.77. The molecule has 1 amide bonds. The number of carbonyl (C=O) groups is 2. The van der Waals surface area contributed by atoms with E-state index < -0.39 is 11.6 Å². The van der Waals surface area contributed by atoms with E-state index in [0.717, 1.165) is 12.8 Å². The fourth-order valence-electron chi connectivity index (χ4n) is 1.40. The highest BCUT2D eigenvalue weighted by atomic mass is 16.6. The van der Waals surface area contributed by atoms with Crippen molar-refractivity contribution in [3.05, 3.63) is 0 Å². The molecular weight excluding hydrogens is 232 g/mol. The number of hydrogen-bond donors (Lipinski definition) is 2. The van der Waals surface area contributed by atoms with Gasteiger partial charge in [-0.25, -0.2) is 0 Å². The minimum Gasteiger partial charge on any atom is -0.459 e. The van der Waals surface area contributed by atoms with Crippen molar-refractivity contribution in [2.45, 2.75) is 64.6 Å². The van der Waals surface area contributed by atoms with Crippen LogP contribution in [0.5, 0.6) is 0 Å². The number of carbonyl (C=O) groups excluding carboxylic acids is 2. The molecular formula is C13H24N2O3. The molecule has 5 nitrogen and oxygen atoms in total. The summed E-state index contributed by atoms with van der Waals surface area (Å²) in [5.74, 6) is -0.244. The van der Waals surface area contributed by atoms with Gasteiger partial charge in [0.2, 0.25) is 5.91 Å². The highest BCUT2D eigenvalue weighted by Crippen LogP contribution is 2.18. The Morgan fingerprint density at radius 2 is 1.94 bits per heavy atom. The first-order valence-electron chi connectivity index (χ1n) is 6.53. The Morgan fingerprint density at radius 3 is 2.44 bits per heavy atom. The SMILES string of the molecule is CC(NCCC(=O)NC1CC1)C(=O)OC(C)(C)C. The topological polar surface area (TPSA) is 67.4 Å². The molecule has 0 spiro atoms. The molecule has 0 aromatic carbocycles. The van der Waals surface area contributed by atoms with E-state index in [1.165, 1.54) is 0 Å². The predicted molar refractivity (Wildman–Crippen MR) is 69.1 cm³/mol. The van der Waals surface area contributed by atoms with Crippen molar-refractivity contribution >= 4 is 11.9 Å². The van der Waals surface area contributed by atoms with Gasteiger partial charge in [-0.3, -0.25) is 9.59 Å². The van der Waals surface area contributed by atoms with Gasteiger partial charge < -0.3 is 15.4 Å². The lowest BCUT2D eigenvalue weighted by Gasteiger charge is -2.22. The molecule has 0 aromatic rings. The number of nitrogens with one attached hydrogen (secondary N) is 2. The summed E-state index contributed by atoms with van der Waals surface area (Å²) in [7, 11) is 0. The fourth-order valence-corrected chi connectivity index (χ4v) is 1.40. The molecule has 1 atom stereocenters. The Hall–Kier alpha value is -1.10. The zero-order valence-corrected chi connectivity index (χ0v) is 11.7. The summed E-state index contributed by atoms with van der Waals surface area (Å²) >= 11 is 0. The second kappa shape index (κ2) is 6.18. The maximum atomic E-state index is 11.6. The molecule has 0 aliphatic heterocycles. The molecule has 0 heterocycles. The fraction of sp³-hybridized carbons (Fsp3) is 0.846. The van der Waals surface area contributed by atoms with Crippen LogP contribution in [-0.4, -0.2) is 36.1 Å². The van der Waals surface area contributed by atoms with Crippen molar-refractivity contribution in [2.75, 3.05) is 6.54 Å². The summed E-state index contributed by atoms with van der Waals surface area (Å²) in [5.41, 5.74) is -0.476. The number of ether oxygens (including phenoxy) is 1. The minimum absolute atomic E-state index is 0.0430. The van der Waals surface area contributed by atoms with Gasteiger partial charge in [-0.05, 0) is 40.5 Å². The van der Waals surface area contributed by atoms with E-state index in [4.69, 9.17) is 4.74 Å². The molecule has 104 valence electrons. The van der Waals surface area contributed by atoms with Crippen molar-refractivity contribution < 1.29 is 14.3 Å². The van der Waals surface area contributed by atoms with Crippen molar-refractivity contribution in [1.82, 2.24) is 10.6 Å². The molecule has 1 saturated carbocycles. The van der Waals surface area contributed by atoms with Gasteiger partial charge in [0, 0.05) is 19.0 Å². The van der Waals surface area contributed by atoms with Gasteiger partial charge in [-0.15, -0.1) is 0 Å². The zero-order valence-electron chi connectivity index (χ0n) is 11.7. The van der Waals surface area contributed by atoms with Gasteiger partial charge in [-0.1, -0.05) is 0 Å².